The second kappa shape index (κ2) is 10.4. The van der Waals surface area contributed by atoms with Crippen molar-refractivity contribution in [2.45, 2.75) is 33.3 Å². The first kappa shape index (κ1) is 24.7. The summed E-state index contributed by atoms with van der Waals surface area (Å²) in [5, 5.41) is 15.7. The van der Waals surface area contributed by atoms with Crippen molar-refractivity contribution in [3.8, 4) is 22.4 Å². The van der Waals surface area contributed by atoms with E-state index in [4.69, 9.17) is 14.4 Å². The molecule has 0 fully saturated rings. The van der Waals surface area contributed by atoms with Crippen molar-refractivity contribution in [1.29, 1.82) is 0 Å². The summed E-state index contributed by atoms with van der Waals surface area (Å²) >= 11 is 0. The minimum atomic E-state index is -0.874. The van der Waals surface area contributed by atoms with Crippen molar-refractivity contribution in [2.75, 3.05) is 5.32 Å². The molecular formula is C28H25FN2O5. The summed E-state index contributed by atoms with van der Waals surface area (Å²) in [7, 11) is 0. The van der Waals surface area contributed by atoms with Gasteiger partial charge in [0.15, 0.2) is 5.76 Å². The lowest BCUT2D eigenvalue weighted by Gasteiger charge is -2.15. The Morgan fingerprint density at radius 1 is 1.06 bits per heavy atom. The Bertz CT molecular complexity index is 1410. The maximum absolute atomic E-state index is 14.0. The Balaban J connectivity index is 1.53. The molecule has 4 aromatic rings. The molecule has 1 atom stereocenters. The average Bonchev–Trinajstić information content (AvgIpc) is 3.19. The number of carboxylic acid groups (broad SMARTS) is 1. The monoisotopic (exact) mass is 488 g/mol. The van der Waals surface area contributed by atoms with Gasteiger partial charge in [-0.3, -0.25) is 10.1 Å². The standard InChI is InChI=1S/C28H25FN2O5/c1-16-14-21(12-13-22(16)20-10-8-19(9-11-20)15-25(32)33)27-26(18(3)36-31-27)30-28(34)35-17(2)23-6-4-5-7-24(23)29/h4-14,17H,15H2,1-3H3,(H,30,34)(H,32,33)/t17-/m1/s1. The molecule has 0 spiro atoms. The number of hydrogen-bond acceptors (Lipinski definition) is 5. The van der Waals surface area contributed by atoms with E-state index in [-0.39, 0.29) is 12.0 Å². The highest BCUT2D eigenvalue weighted by atomic mass is 19.1. The van der Waals surface area contributed by atoms with E-state index in [1.54, 1.807) is 44.2 Å². The fourth-order valence-electron chi connectivity index (χ4n) is 3.99. The summed E-state index contributed by atoms with van der Waals surface area (Å²) in [6.45, 7) is 5.22. The molecule has 1 amide bonds. The fraction of sp³-hybridized carbons (Fsp3) is 0.179. The molecule has 0 saturated carbocycles. The Morgan fingerprint density at radius 2 is 1.75 bits per heavy atom. The van der Waals surface area contributed by atoms with Gasteiger partial charge in [0.05, 0.1) is 6.42 Å². The normalized spacial score (nSPS) is 11.7. The van der Waals surface area contributed by atoms with Gasteiger partial charge >= 0.3 is 12.1 Å². The maximum Gasteiger partial charge on any atom is 0.412 e. The molecular weight excluding hydrogens is 463 g/mol. The van der Waals surface area contributed by atoms with E-state index in [2.05, 4.69) is 10.5 Å². The first-order chi connectivity index (χ1) is 17.2. The first-order valence-electron chi connectivity index (χ1n) is 11.3. The number of hydrogen-bond donors (Lipinski definition) is 2. The molecule has 184 valence electrons. The Labute approximate surface area is 207 Å². The topological polar surface area (TPSA) is 102 Å². The lowest BCUT2D eigenvalue weighted by molar-refractivity contribution is -0.136. The highest BCUT2D eigenvalue weighted by molar-refractivity contribution is 5.91. The van der Waals surface area contributed by atoms with E-state index in [1.807, 2.05) is 37.3 Å². The number of nitrogens with zero attached hydrogens (tertiary/aromatic N) is 1. The van der Waals surface area contributed by atoms with Crippen molar-refractivity contribution in [1.82, 2.24) is 5.16 Å². The molecule has 4 rings (SSSR count). The lowest BCUT2D eigenvalue weighted by Crippen LogP contribution is -2.17. The SMILES string of the molecule is Cc1cc(-c2noc(C)c2NC(=O)O[C@H](C)c2ccccc2F)ccc1-c1ccc(CC(=O)O)cc1. The van der Waals surface area contributed by atoms with Gasteiger partial charge in [-0.15, -0.1) is 0 Å². The molecule has 1 aromatic heterocycles. The van der Waals surface area contributed by atoms with Gasteiger partial charge in [0, 0.05) is 11.1 Å². The number of ether oxygens (including phenoxy) is 1. The number of amides is 1. The number of carbonyl (C=O) groups is 2. The van der Waals surface area contributed by atoms with Gasteiger partial charge in [0.25, 0.3) is 0 Å². The van der Waals surface area contributed by atoms with Crippen molar-refractivity contribution < 1.29 is 28.3 Å². The maximum atomic E-state index is 14.0. The molecule has 0 bridgehead atoms. The van der Waals surface area contributed by atoms with Gasteiger partial charge in [0.2, 0.25) is 0 Å². The zero-order valence-electron chi connectivity index (χ0n) is 20.0. The van der Waals surface area contributed by atoms with Crippen LogP contribution in [0.3, 0.4) is 0 Å². The van der Waals surface area contributed by atoms with Crippen LogP contribution in [0.25, 0.3) is 22.4 Å². The third-order valence-electron chi connectivity index (χ3n) is 5.84. The number of nitrogens with one attached hydrogen (secondary N) is 1. The van der Waals surface area contributed by atoms with Crippen LogP contribution in [0.1, 0.15) is 35.5 Å². The van der Waals surface area contributed by atoms with Crippen molar-refractivity contribution in [3.05, 3.63) is 95.0 Å². The molecule has 0 aliphatic rings. The van der Waals surface area contributed by atoms with Gasteiger partial charge in [-0.1, -0.05) is 59.8 Å². The Hall–Kier alpha value is -4.46. The number of carboxylic acids is 1. The predicted molar refractivity (Wildman–Crippen MR) is 133 cm³/mol. The van der Waals surface area contributed by atoms with Gasteiger partial charge in [-0.2, -0.15) is 0 Å². The molecule has 36 heavy (non-hydrogen) atoms. The van der Waals surface area contributed by atoms with E-state index < -0.39 is 24.0 Å². The largest absolute Gasteiger partial charge is 0.481 e. The number of benzene rings is 3. The summed E-state index contributed by atoms with van der Waals surface area (Å²) in [6, 6.07) is 19.2. The van der Waals surface area contributed by atoms with Crippen LogP contribution in [0.2, 0.25) is 0 Å². The van der Waals surface area contributed by atoms with Crippen LogP contribution in [-0.2, 0) is 16.0 Å². The first-order valence-corrected chi connectivity index (χ1v) is 11.3. The Kier molecular flexibility index (Phi) is 7.15. The summed E-state index contributed by atoms with van der Waals surface area (Å²) in [6.07, 6.45) is -1.58. The second-order valence-corrected chi connectivity index (χ2v) is 8.45. The van der Waals surface area contributed by atoms with E-state index in [1.165, 1.54) is 6.07 Å². The predicted octanol–water partition coefficient (Wildman–Crippen LogP) is 6.70. The molecule has 0 unspecified atom stereocenters. The molecule has 0 saturated heterocycles. The number of aliphatic carboxylic acids is 1. The highest BCUT2D eigenvalue weighted by Crippen LogP contribution is 2.34. The van der Waals surface area contributed by atoms with E-state index >= 15 is 0 Å². The zero-order valence-corrected chi connectivity index (χ0v) is 20.0. The minimum Gasteiger partial charge on any atom is -0.481 e. The van der Waals surface area contributed by atoms with Crippen molar-refractivity contribution >= 4 is 17.7 Å². The van der Waals surface area contributed by atoms with Crippen LogP contribution in [0.15, 0.2) is 71.3 Å². The molecule has 0 radical (unpaired) electrons. The van der Waals surface area contributed by atoms with Crippen LogP contribution < -0.4 is 5.32 Å². The second-order valence-electron chi connectivity index (χ2n) is 8.45. The smallest absolute Gasteiger partial charge is 0.412 e. The summed E-state index contributed by atoms with van der Waals surface area (Å²) in [5.41, 5.74) is 5.43. The summed E-state index contributed by atoms with van der Waals surface area (Å²) in [5.74, 6) is -0.927. The minimum absolute atomic E-state index is 0.0268. The average molecular weight is 489 g/mol. The Morgan fingerprint density at radius 3 is 2.42 bits per heavy atom. The summed E-state index contributed by atoms with van der Waals surface area (Å²) in [4.78, 5) is 23.5. The van der Waals surface area contributed by atoms with Crippen molar-refractivity contribution in [2.24, 2.45) is 0 Å². The third kappa shape index (κ3) is 5.43. The highest BCUT2D eigenvalue weighted by Gasteiger charge is 2.21. The van der Waals surface area contributed by atoms with Gasteiger partial charge in [0.1, 0.15) is 23.3 Å². The third-order valence-corrected chi connectivity index (χ3v) is 5.84. The fourth-order valence-corrected chi connectivity index (χ4v) is 3.99. The van der Waals surface area contributed by atoms with Crippen LogP contribution in [-0.4, -0.2) is 22.3 Å². The van der Waals surface area contributed by atoms with Gasteiger partial charge < -0.3 is 14.4 Å². The van der Waals surface area contributed by atoms with E-state index in [0.29, 0.717) is 17.1 Å². The molecule has 0 aliphatic heterocycles. The summed E-state index contributed by atoms with van der Waals surface area (Å²) < 4.78 is 24.7. The zero-order chi connectivity index (χ0) is 25.8. The number of anilines is 1. The van der Waals surface area contributed by atoms with Crippen LogP contribution in [0.4, 0.5) is 14.9 Å². The molecule has 1 heterocycles. The number of halogens is 1. The number of aryl methyl sites for hydroxylation is 2. The van der Waals surface area contributed by atoms with Crippen LogP contribution >= 0.6 is 0 Å². The van der Waals surface area contributed by atoms with Gasteiger partial charge in [-0.05, 0) is 55.2 Å². The number of rotatable bonds is 7. The molecule has 2 N–H and O–H groups in total. The quantitative estimate of drug-likeness (QED) is 0.300. The molecule has 7 nitrogen and oxygen atoms in total. The lowest BCUT2D eigenvalue weighted by atomic mass is 9.96. The molecule has 0 aliphatic carbocycles. The molecule has 8 heteroatoms. The van der Waals surface area contributed by atoms with Crippen LogP contribution in [0, 0.1) is 19.7 Å². The van der Waals surface area contributed by atoms with E-state index in [0.717, 1.165) is 27.8 Å². The van der Waals surface area contributed by atoms with Crippen LogP contribution in [0.5, 0.6) is 0 Å². The van der Waals surface area contributed by atoms with Gasteiger partial charge in [-0.25, -0.2) is 9.18 Å². The molecule has 3 aromatic carbocycles. The number of aromatic nitrogens is 1. The number of carbonyl (C=O) groups excluding carboxylic acids is 1. The van der Waals surface area contributed by atoms with E-state index in [9.17, 15) is 14.0 Å². The van der Waals surface area contributed by atoms with Crippen molar-refractivity contribution in [3.63, 3.8) is 0 Å².